The van der Waals surface area contributed by atoms with Crippen molar-refractivity contribution in [3.63, 3.8) is 0 Å². The molecule has 0 saturated heterocycles. The summed E-state index contributed by atoms with van der Waals surface area (Å²) in [7, 11) is 1.92. The van der Waals surface area contributed by atoms with E-state index in [1.165, 1.54) is 16.7 Å². The molecule has 0 aliphatic carbocycles. The zero-order valence-electron chi connectivity index (χ0n) is 24.2. The first-order valence-electron chi connectivity index (χ1n) is 14.2. The molecule has 0 radical (unpaired) electrons. The fraction of sp³-hybridized carbons (Fsp3) is 0.0541. The summed E-state index contributed by atoms with van der Waals surface area (Å²) in [6, 6.07) is 33.6. The van der Waals surface area contributed by atoms with Gasteiger partial charge in [-0.1, -0.05) is 54.6 Å². The molecule has 0 aliphatic rings. The average Bonchev–Trinajstić information content (AvgIpc) is 3.51. The molecule has 2 aromatic heterocycles. The first-order valence-corrected chi connectivity index (χ1v) is 14.2. The molecule has 8 heteroatoms. The van der Waals surface area contributed by atoms with Crippen molar-refractivity contribution in [2.45, 2.75) is 6.92 Å². The third-order valence-corrected chi connectivity index (χ3v) is 8.20. The fourth-order valence-electron chi connectivity index (χ4n) is 6.10. The second kappa shape index (κ2) is 10.9. The quantitative estimate of drug-likeness (QED) is 0.137. The Morgan fingerprint density at radius 1 is 0.644 bits per heavy atom. The lowest BCUT2D eigenvalue weighted by Gasteiger charge is -2.11. The Morgan fingerprint density at radius 3 is 1.91 bits per heavy atom. The Kier molecular flexibility index (Phi) is 6.85. The van der Waals surface area contributed by atoms with Crippen LogP contribution in [-0.2, 0) is 7.05 Å². The third-order valence-electron chi connectivity index (χ3n) is 8.20. The largest absolute Gasteiger partial charge is 0.308 e. The van der Waals surface area contributed by atoms with Crippen LogP contribution in [0.1, 0.15) is 11.3 Å². The van der Waals surface area contributed by atoms with Crippen molar-refractivity contribution in [1.82, 2.24) is 9.13 Å². The first kappa shape index (κ1) is 28.3. The van der Waals surface area contributed by atoms with Crippen molar-refractivity contribution in [1.29, 1.82) is 0 Å². The van der Waals surface area contributed by atoms with E-state index in [1.807, 2.05) is 67.1 Å². The first-order chi connectivity index (χ1) is 21.7. The SMILES string of the molecule is Cc1cc2c(F)c(C(F)=C(F)F)n(-c3ccccc3)c2cc1-c1n(-c2ccc(-c3ccc(F)cc3)cc2)c2ccccc2[n+]1C. The molecular formula is C37H25F5N3+. The van der Waals surface area contributed by atoms with Crippen LogP contribution in [0.5, 0.6) is 0 Å². The lowest BCUT2D eigenvalue weighted by Crippen LogP contribution is -2.30. The highest BCUT2D eigenvalue weighted by Crippen LogP contribution is 2.39. The second-order valence-electron chi connectivity index (χ2n) is 10.9. The number of imidazole rings is 1. The molecule has 7 aromatic rings. The van der Waals surface area contributed by atoms with Gasteiger partial charge in [-0.3, -0.25) is 0 Å². The maximum Gasteiger partial charge on any atom is 0.308 e. The van der Waals surface area contributed by atoms with Gasteiger partial charge in [-0.25, -0.2) is 13.3 Å². The molecule has 0 bridgehead atoms. The molecule has 222 valence electrons. The van der Waals surface area contributed by atoms with Crippen LogP contribution in [0, 0.1) is 18.6 Å². The number of hydrogen-bond donors (Lipinski definition) is 0. The van der Waals surface area contributed by atoms with E-state index in [4.69, 9.17) is 0 Å². The van der Waals surface area contributed by atoms with E-state index in [-0.39, 0.29) is 16.7 Å². The molecule has 45 heavy (non-hydrogen) atoms. The van der Waals surface area contributed by atoms with Crippen LogP contribution in [0.15, 0.2) is 121 Å². The molecule has 0 saturated carbocycles. The van der Waals surface area contributed by atoms with E-state index in [2.05, 4.69) is 4.57 Å². The number of nitrogens with zero attached hydrogens (tertiary/aromatic N) is 3. The van der Waals surface area contributed by atoms with E-state index in [9.17, 15) is 17.6 Å². The highest BCUT2D eigenvalue weighted by Gasteiger charge is 2.30. The predicted molar refractivity (Wildman–Crippen MR) is 167 cm³/mol. The van der Waals surface area contributed by atoms with Crippen molar-refractivity contribution in [2.24, 2.45) is 7.05 Å². The normalized spacial score (nSPS) is 11.4. The van der Waals surface area contributed by atoms with Crippen LogP contribution in [0.25, 0.3) is 61.7 Å². The smallest absolute Gasteiger partial charge is 0.304 e. The average molecular weight is 607 g/mol. The number of halogens is 5. The summed E-state index contributed by atoms with van der Waals surface area (Å²) < 4.78 is 76.8. The van der Waals surface area contributed by atoms with Crippen LogP contribution >= 0.6 is 0 Å². The summed E-state index contributed by atoms with van der Waals surface area (Å²) in [4.78, 5) is 0. The number of para-hydroxylation sites is 3. The zero-order chi connectivity index (χ0) is 31.4. The molecule has 0 amide bonds. The van der Waals surface area contributed by atoms with Gasteiger partial charge < -0.3 is 4.57 Å². The van der Waals surface area contributed by atoms with Gasteiger partial charge in [-0.2, -0.15) is 17.7 Å². The number of fused-ring (bicyclic) bond motifs is 2. The molecule has 5 aromatic carbocycles. The Morgan fingerprint density at radius 2 is 1.24 bits per heavy atom. The maximum absolute atomic E-state index is 15.8. The maximum atomic E-state index is 15.8. The van der Waals surface area contributed by atoms with Crippen LogP contribution < -0.4 is 4.57 Å². The monoisotopic (exact) mass is 606 g/mol. The van der Waals surface area contributed by atoms with E-state index < -0.39 is 23.4 Å². The predicted octanol–water partition coefficient (Wildman–Crippen LogP) is 9.85. The lowest BCUT2D eigenvalue weighted by molar-refractivity contribution is -0.633. The minimum atomic E-state index is -2.60. The van der Waals surface area contributed by atoms with Crippen LogP contribution in [0.3, 0.4) is 0 Å². The standard InChI is InChI=1S/C37H25F5N3/c1-22-20-29-32(44(26-8-4-3-5-9-26)35(33(29)39)34(40)36(41)42)21-28(22)37-43(2)30-10-6-7-11-31(30)45(37)27-18-14-24(15-19-27)23-12-16-25(38)17-13-23/h3-21H,1-2H3/q+1. The van der Waals surface area contributed by atoms with Gasteiger partial charge in [0.1, 0.15) is 17.2 Å². The number of aromatic nitrogens is 3. The Balaban J connectivity index is 1.51. The Bertz CT molecular complexity index is 2260. The highest BCUT2D eigenvalue weighted by molar-refractivity contribution is 5.92. The molecular weight excluding hydrogens is 581 g/mol. The minimum Gasteiger partial charge on any atom is -0.304 e. The summed E-state index contributed by atoms with van der Waals surface area (Å²) in [5.41, 5.74) is 5.59. The summed E-state index contributed by atoms with van der Waals surface area (Å²) in [5, 5.41) is 0.0282. The molecule has 2 heterocycles. The molecule has 0 N–H and O–H groups in total. The van der Waals surface area contributed by atoms with E-state index in [0.717, 1.165) is 33.7 Å². The Labute approximate surface area is 255 Å². The summed E-state index contributed by atoms with van der Waals surface area (Å²) in [6.07, 6.45) is -2.60. The summed E-state index contributed by atoms with van der Waals surface area (Å²) >= 11 is 0. The summed E-state index contributed by atoms with van der Waals surface area (Å²) in [5.74, 6) is -2.53. The molecule has 7 rings (SSSR count). The molecule has 0 aliphatic heterocycles. The van der Waals surface area contributed by atoms with Gasteiger partial charge in [0.2, 0.25) is 5.83 Å². The van der Waals surface area contributed by atoms with Gasteiger partial charge in [0, 0.05) is 11.1 Å². The number of benzene rings is 5. The van der Waals surface area contributed by atoms with E-state index in [0.29, 0.717) is 16.8 Å². The number of aryl methyl sites for hydroxylation is 2. The van der Waals surface area contributed by atoms with Gasteiger partial charge in [-0.15, -0.1) is 0 Å². The topological polar surface area (TPSA) is 13.7 Å². The number of rotatable bonds is 5. The van der Waals surface area contributed by atoms with Crippen molar-refractivity contribution in [3.05, 3.63) is 144 Å². The zero-order valence-corrected chi connectivity index (χ0v) is 24.2. The van der Waals surface area contributed by atoms with Crippen molar-refractivity contribution < 1.29 is 26.5 Å². The molecule has 0 atom stereocenters. The number of hydrogen-bond acceptors (Lipinski definition) is 0. The third kappa shape index (κ3) is 4.61. The molecule has 0 fully saturated rings. The van der Waals surface area contributed by atoms with Crippen molar-refractivity contribution in [3.8, 4) is 33.9 Å². The minimum absolute atomic E-state index is 0.0282. The fourth-order valence-corrected chi connectivity index (χ4v) is 6.10. The van der Waals surface area contributed by atoms with Gasteiger partial charge in [0.25, 0.3) is 5.82 Å². The van der Waals surface area contributed by atoms with Crippen LogP contribution in [0.2, 0.25) is 0 Å². The highest BCUT2D eigenvalue weighted by atomic mass is 19.3. The molecule has 0 spiro atoms. The Hall–Kier alpha value is -5.50. The van der Waals surface area contributed by atoms with Gasteiger partial charge in [0.05, 0.1) is 18.1 Å². The molecule has 0 unspecified atom stereocenters. The van der Waals surface area contributed by atoms with Crippen LogP contribution in [0.4, 0.5) is 22.0 Å². The van der Waals surface area contributed by atoms with E-state index in [1.54, 1.807) is 54.6 Å². The van der Waals surface area contributed by atoms with Gasteiger partial charge >= 0.3 is 6.08 Å². The lowest BCUT2D eigenvalue weighted by atomic mass is 10.0. The second-order valence-corrected chi connectivity index (χ2v) is 10.9. The summed E-state index contributed by atoms with van der Waals surface area (Å²) in [6.45, 7) is 1.81. The molecule has 3 nitrogen and oxygen atoms in total. The van der Waals surface area contributed by atoms with Crippen LogP contribution in [-0.4, -0.2) is 9.13 Å². The van der Waals surface area contributed by atoms with Gasteiger partial charge in [-0.05, 0) is 84.3 Å². The van der Waals surface area contributed by atoms with Gasteiger partial charge in [0.15, 0.2) is 16.9 Å². The van der Waals surface area contributed by atoms with Crippen molar-refractivity contribution >= 4 is 27.8 Å². The van der Waals surface area contributed by atoms with Crippen molar-refractivity contribution in [2.75, 3.05) is 0 Å². The van der Waals surface area contributed by atoms with E-state index >= 15 is 4.39 Å².